The fraction of sp³-hybridized carbons (Fsp3) is 0.348. The number of halogens is 4. The molecule has 0 saturated heterocycles. The Hall–Kier alpha value is -3.07. The molecule has 1 N–H and O–H groups in total. The Labute approximate surface area is 194 Å². The number of benzene rings is 2. The molecule has 33 heavy (non-hydrogen) atoms. The third kappa shape index (κ3) is 6.71. The van der Waals surface area contributed by atoms with Crippen molar-refractivity contribution in [3.05, 3.63) is 54.1 Å². The zero-order chi connectivity index (χ0) is 24.0. The molecule has 0 aliphatic carbocycles. The topological polar surface area (TPSA) is 69.0 Å². The average molecular weight is 481 g/mol. The molecule has 0 aliphatic rings. The normalized spacial score (nSPS) is 11.6. The van der Waals surface area contributed by atoms with E-state index >= 15 is 0 Å². The molecule has 2 aromatic carbocycles. The maximum atomic E-state index is 13.0. The van der Waals surface area contributed by atoms with Crippen molar-refractivity contribution < 1.29 is 22.7 Å². The first kappa shape index (κ1) is 24.6. The number of hydrogen-bond acceptors (Lipinski definition) is 4. The van der Waals surface area contributed by atoms with Crippen LogP contribution in [0.5, 0.6) is 6.01 Å². The highest BCUT2D eigenvalue weighted by atomic mass is 35.5. The molecule has 0 aliphatic heterocycles. The zero-order valence-corrected chi connectivity index (χ0v) is 19.0. The number of aromatic nitrogens is 3. The Bertz CT molecular complexity index is 1060. The largest absolute Gasteiger partial charge is 0.462 e. The lowest BCUT2D eigenvalue weighted by molar-refractivity contribution is -0.137. The fourth-order valence-electron chi connectivity index (χ4n) is 2.91. The summed E-state index contributed by atoms with van der Waals surface area (Å²) in [6, 6.07) is 11.7. The number of amides is 1. The molecule has 6 nitrogen and oxygen atoms in total. The van der Waals surface area contributed by atoms with Gasteiger partial charge in [0.2, 0.25) is 5.91 Å². The number of carbonyl (C=O) groups excluding carboxylic acids is 1. The molecule has 1 heterocycles. The van der Waals surface area contributed by atoms with E-state index in [4.69, 9.17) is 16.3 Å². The predicted molar refractivity (Wildman–Crippen MR) is 121 cm³/mol. The maximum absolute atomic E-state index is 13.0. The maximum Gasteiger partial charge on any atom is 0.416 e. The van der Waals surface area contributed by atoms with Crippen LogP contribution in [0.25, 0.3) is 17.1 Å². The van der Waals surface area contributed by atoms with E-state index in [1.807, 2.05) is 13.8 Å². The lowest BCUT2D eigenvalue weighted by Gasteiger charge is -2.10. The van der Waals surface area contributed by atoms with E-state index in [0.29, 0.717) is 48.1 Å². The van der Waals surface area contributed by atoms with Crippen molar-refractivity contribution in [2.45, 2.75) is 32.9 Å². The predicted octanol–water partition coefficient (Wildman–Crippen LogP) is 5.95. The highest BCUT2D eigenvalue weighted by Crippen LogP contribution is 2.31. The van der Waals surface area contributed by atoms with Gasteiger partial charge >= 0.3 is 12.2 Å². The first-order chi connectivity index (χ1) is 15.7. The Morgan fingerprint density at radius 3 is 2.36 bits per heavy atom. The Balaban J connectivity index is 1.90. The van der Waals surface area contributed by atoms with Crippen molar-refractivity contribution in [1.29, 1.82) is 0 Å². The lowest BCUT2D eigenvalue weighted by atomic mass is 10.1. The summed E-state index contributed by atoms with van der Waals surface area (Å²) in [4.78, 5) is 16.3. The lowest BCUT2D eigenvalue weighted by Crippen LogP contribution is -2.11. The van der Waals surface area contributed by atoms with Gasteiger partial charge in [-0.25, -0.2) is 4.68 Å². The van der Waals surface area contributed by atoms with Gasteiger partial charge in [-0.1, -0.05) is 26.0 Å². The summed E-state index contributed by atoms with van der Waals surface area (Å²) in [5.74, 6) is 0.848. The van der Waals surface area contributed by atoms with Gasteiger partial charge in [-0.3, -0.25) is 4.79 Å². The minimum atomic E-state index is -4.43. The first-order valence-corrected chi connectivity index (χ1v) is 10.9. The number of hydrogen-bond donors (Lipinski definition) is 1. The van der Waals surface area contributed by atoms with Gasteiger partial charge in [0.25, 0.3) is 0 Å². The number of rotatable bonds is 9. The number of carbonyl (C=O) groups is 1. The second kappa shape index (κ2) is 10.7. The van der Waals surface area contributed by atoms with Gasteiger partial charge in [0.05, 0.1) is 17.9 Å². The van der Waals surface area contributed by atoms with Gasteiger partial charge in [-0.15, -0.1) is 16.7 Å². The van der Waals surface area contributed by atoms with Crippen LogP contribution in [-0.4, -0.2) is 33.2 Å². The smallest absolute Gasteiger partial charge is 0.416 e. The molecule has 0 saturated carbocycles. The van der Waals surface area contributed by atoms with E-state index in [2.05, 4.69) is 15.4 Å². The van der Waals surface area contributed by atoms with Crippen LogP contribution < -0.4 is 10.1 Å². The van der Waals surface area contributed by atoms with Crippen LogP contribution in [-0.2, 0) is 11.0 Å². The molecule has 3 rings (SSSR count). The molecule has 0 spiro atoms. The summed E-state index contributed by atoms with van der Waals surface area (Å²) in [5.41, 5.74) is 0.914. The molecule has 3 aromatic rings. The van der Waals surface area contributed by atoms with Crippen LogP contribution in [0.15, 0.2) is 48.5 Å². The van der Waals surface area contributed by atoms with Crippen molar-refractivity contribution >= 4 is 23.2 Å². The molecule has 1 amide bonds. The highest BCUT2D eigenvalue weighted by Gasteiger charge is 2.30. The second-order valence-corrected chi connectivity index (χ2v) is 8.18. The van der Waals surface area contributed by atoms with Gasteiger partial charge < -0.3 is 10.1 Å². The van der Waals surface area contributed by atoms with Crippen LogP contribution in [0, 0.1) is 5.92 Å². The third-order valence-electron chi connectivity index (χ3n) is 4.54. The molecule has 1 aromatic heterocycles. The Morgan fingerprint density at radius 2 is 1.79 bits per heavy atom. The van der Waals surface area contributed by atoms with Gasteiger partial charge in [0.15, 0.2) is 5.82 Å². The third-order valence-corrected chi connectivity index (χ3v) is 4.80. The molecule has 0 unspecified atom stereocenters. The molecule has 176 valence electrons. The number of nitrogens with one attached hydrogen (secondary N) is 1. The fourth-order valence-corrected chi connectivity index (χ4v) is 3.04. The van der Waals surface area contributed by atoms with Crippen LogP contribution in [0.2, 0.25) is 0 Å². The molecule has 10 heteroatoms. The van der Waals surface area contributed by atoms with E-state index in [1.165, 1.54) is 16.8 Å². The molecule has 0 bridgehead atoms. The van der Waals surface area contributed by atoms with E-state index < -0.39 is 11.7 Å². The second-order valence-electron chi connectivity index (χ2n) is 7.80. The molecule has 0 fully saturated rings. The molecule has 0 atom stereocenters. The van der Waals surface area contributed by atoms with Crippen molar-refractivity contribution in [3.8, 4) is 23.1 Å². The minimum Gasteiger partial charge on any atom is -0.462 e. The monoisotopic (exact) mass is 480 g/mol. The van der Waals surface area contributed by atoms with Crippen LogP contribution in [0.1, 0.15) is 32.3 Å². The molecular formula is C23H24ClF3N4O2. The van der Waals surface area contributed by atoms with E-state index in [0.717, 1.165) is 12.1 Å². The van der Waals surface area contributed by atoms with Crippen molar-refractivity contribution in [3.63, 3.8) is 0 Å². The summed E-state index contributed by atoms with van der Waals surface area (Å²) >= 11 is 5.61. The summed E-state index contributed by atoms with van der Waals surface area (Å²) < 4.78 is 46.0. The first-order valence-electron chi connectivity index (χ1n) is 10.4. The standard InChI is InChI=1S/C23H24ClF3N4O2/c1-15(2)14-33-22-29-21(16-5-7-17(8-6-16)23(25,26)27)31(30-22)19-11-9-18(10-12-19)28-20(32)4-3-13-24/h5-12,15H,3-4,13-14H2,1-2H3,(H,28,32). The number of ether oxygens (including phenoxy) is 1. The van der Waals surface area contributed by atoms with Gasteiger partial charge in [0, 0.05) is 23.6 Å². The average Bonchev–Trinajstić information content (AvgIpc) is 3.20. The summed E-state index contributed by atoms with van der Waals surface area (Å²) in [6.07, 6.45) is -3.52. The zero-order valence-electron chi connectivity index (χ0n) is 18.2. The van der Waals surface area contributed by atoms with E-state index in [1.54, 1.807) is 24.3 Å². The minimum absolute atomic E-state index is 0.122. The van der Waals surface area contributed by atoms with E-state index in [9.17, 15) is 18.0 Å². The number of nitrogens with zero attached hydrogens (tertiary/aromatic N) is 3. The number of anilines is 1. The Kier molecular flexibility index (Phi) is 7.97. The van der Waals surface area contributed by atoms with Crippen molar-refractivity contribution in [2.75, 3.05) is 17.8 Å². The van der Waals surface area contributed by atoms with Crippen molar-refractivity contribution in [2.24, 2.45) is 5.92 Å². The molecule has 0 radical (unpaired) electrons. The summed E-state index contributed by atoms with van der Waals surface area (Å²) in [6.45, 7) is 4.35. The molecular weight excluding hydrogens is 457 g/mol. The van der Waals surface area contributed by atoms with Crippen LogP contribution >= 0.6 is 11.6 Å². The summed E-state index contributed by atoms with van der Waals surface area (Å²) in [5, 5.41) is 7.18. The van der Waals surface area contributed by atoms with Gasteiger partial charge in [0.1, 0.15) is 0 Å². The quantitative estimate of drug-likeness (QED) is 0.384. The van der Waals surface area contributed by atoms with Crippen molar-refractivity contribution in [1.82, 2.24) is 14.8 Å². The number of alkyl halides is 4. The van der Waals surface area contributed by atoms with Gasteiger partial charge in [-0.2, -0.15) is 18.2 Å². The van der Waals surface area contributed by atoms with Gasteiger partial charge in [-0.05, 0) is 48.7 Å². The summed E-state index contributed by atoms with van der Waals surface area (Å²) in [7, 11) is 0. The van der Waals surface area contributed by atoms with Crippen LogP contribution in [0.4, 0.5) is 18.9 Å². The van der Waals surface area contributed by atoms with E-state index in [-0.39, 0.29) is 17.8 Å². The Morgan fingerprint density at radius 1 is 1.12 bits per heavy atom. The van der Waals surface area contributed by atoms with Crippen LogP contribution in [0.3, 0.4) is 0 Å². The highest BCUT2D eigenvalue weighted by molar-refractivity contribution is 6.18. The SMILES string of the molecule is CC(C)COc1nc(-c2ccc(C(F)(F)F)cc2)n(-c2ccc(NC(=O)CCCCl)cc2)n1.